The third-order valence-corrected chi connectivity index (χ3v) is 3.30. The summed E-state index contributed by atoms with van der Waals surface area (Å²) in [5.74, 6) is 0.679. The fraction of sp³-hybridized carbons (Fsp3) is 0.533. The van der Waals surface area contributed by atoms with Gasteiger partial charge in [-0.2, -0.15) is 0 Å². The fourth-order valence-electron chi connectivity index (χ4n) is 1.99. The lowest BCUT2D eigenvalue weighted by Crippen LogP contribution is -2.24. The molecule has 2 N–H and O–H groups in total. The van der Waals surface area contributed by atoms with E-state index < -0.39 is 0 Å². The molecule has 0 bridgehead atoms. The van der Waals surface area contributed by atoms with E-state index in [9.17, 15) is 0 Å². The van der Waals surface area contributed by atoms with E-state index in [1.807, 2.05) is 6.07 Å². The number of nitrogens with zero attached hydrogens (tertiary/aromatic N) is 1. The first-order valence-corrected chi connectivity index (χ1v) is 6.57. The van der Waals surface area contributed by atoms with Gasteiger partial charge in [0.25, 0.3) is 0 Å². The van der Waals surface area contributed by atoms with E-state index in [4.69, 9.17) is 14.9 Å². The summed E-state index contributed by atoms with van der Waals surface area (Å²) in [5.41, 5.74) is 8.69. The van der Waals surface area contributed by atoms with Gasteiger partial charge in [0.1, 0.15) is 5.52 Å². The van der Waals surface area contributed by atoms with Crippen LogP contribution >= 0.6 is 0 Å². The van der Waals surface area contributed by atoms with Gasteiger partial charge in [0.05, 0.1) is 12.5 Å². The second-order valence-electron chi connectivity index (χ2n) is 5.84. The lowest BCUT2D eigenvalue weighted by molar-refractivity contribution is 0.104. The largest absolute Gasteiger partial charge is 0.441 e. The minimum atomic E-state index is -0.0462. The van der Waals surface area contributed by atoms with Gasteiger partial charge in [0.15, 0.2) is 11.5 Å². The van der Waals surface area contributed by atoms with Crippen molar-refractivity contribution in [2.45, 2.75) is 38.7 Å². The summed E-state index contributed by atoms with van der Waals surface area (Å²) in [7, 11) is 1.65. The molecule has 4 nitrogen and oxygen atoms in total. The van der Waals surface area contributed by atoms with Gasteiger partial charge in [-0.15, -0.1) is 0 Å². The van der Waals surface area contributed by atoms with Gasteiger partial charge in [0.2, 0.25) is 0 Å². The number of rotatable bonds is 4. The molecule has 0 radical (unpaired) electrons. The molecule has 0 aliphatic heterocycles. The highest BCUT2D eigenvalue weighted by Crippen LogP contribution is 2.26. The normalized spacial score (nSPS) is 13.9. The molecule has 4 heteroatoms. The lowest BCUT2D eigenvalue weighted by Gasteiger charge is -2.18. The summed E-state index contributed by atoms with van der Waals surface area (Å²) in [5, 5.41) is 0. The maximum atomic E-state index is 5.72. The number of ether oxygens (including phenoxy) is 1. The Kier molecular flexibility index (Phi) is 3.92. The van der Waals surface area contributed by atoms with Crippen LogP contribution in [0.4, 0.5) is 0 Å². The number of nitrogens with two attached hydrogens (primary N) is 1. The van der Waals surface area contributed by atoms with Crippen LogP contribution in [0.2, 0.25) is 0 Å². The molecule has 104 valence electrons. The van der Waals surface area contributed by atoms with Crippen LogP contribution in [0.3, 0.4) is 0 Å². The maximum Gasteiger partial charge on any atom is 0.198 e. The zero-order chi connectivity index (χ0) is 14.0. The first-order chi connectivity index (χ1) is 8.94. The van der Waals surface area contributed by atoms with Crippen LogP contribution < -0.4 is 5.73 Å². The summed E-state index contributed by atoms with van der Waals surface area (Å²) >= 11 is 0. The monoisotopic (exact) mass is 262 g/mol. The molecule has 2 rings (SSSR count). The average molecular weight is 262 g/mol. The summed E-state index contributed by atoms with van der Waals surface area (Å²) < 4.78 is 11.0. The SMILES string of the molecule is COC(CN)Cc1nc2cc(C(C)(C)C)ccc2o1. The summed E-state index contributed by atoms with van der Waals surface area (Å²) in [6.45, 7) is 7.02. The lowest BCUT2D eigenvalue weighted by atomic mass is 9.87. The molecule has 1 unspecified atom stereocenters. The minimum Gasteiger partial charge on any atom is -0.441 e. The number of hydrogen-bond acceptors (Lipinski definition) is 4. The van der Waals surface area contributed by atoms with Gasteiger partial charge in [-0.25, -0.2) is 4.98 Å². The molecular formula is C15H22N2O2. The Morgan fingerprint density at radius 2 is 2.11 bits per heavy atom. The molecule has 2 aromatic rings. The second kappa shape index (κ2) is 5.31. The molecule has 1 aromatic carbocycles. The molecule has 1 heterocycles. The van der Waals surface area contributed by atoms with Crippen LogP contribution in [0.5, 0.6) is 0 Å². The first kappa shape index (κ1) is 14.0. The molecule has 0 fully saturated rings. The van der Waals surface area contributed by atoms with E-state index in [1.54, 1.807) is 7.11 Å². The molecule has 0 amide bonds. The highest BCUT2D eigenvalue weighted by atomic mass is 16.5. The van der Waals surface area contributed by atoms with Crippen LogP contribution in [-0.4, -0.2) is 24.7 Å². The maximum absolute atomic E-state index is 5.72. The van der Waals surface area contributed by atoms with Gasteiger partial charge < -0.3 is 14.9 Å². The Balaban J connectivity index is 2.30. The average Bonchev–Trinajstić information content (AvgIpc) is 2.76. The van der Waals surface area contributed by atoms with Crippen molar-refractivity contribution in [2.24, 2.45) is 5.73 Å². The van der Waals surface area contributed by atoms with E-state index >= 15 is 0 Å². The fourth-order valence-corrected chi connectivity index (χ4v) is 1.99. The van der Waals surface area contributed by atoms with Gasteiger partial charge >= 0.3 is 0 Å². The zero-order valence-electron chi connectivity index (χ0n) is 12.1. The molecule has 1 atom stereocenters. The highest BCUT2D eigenvalue weighted by molar-refractivity contribution is 5.73. The van der Waals surface area contributed by atoms with Gasteiger partial charge in [-0.3, -0.25) is 0 Å². The number of benzene rings is 1. The summed E-state index contributed by atoms with van der Waals surface area (Å²) in [6.07, 6.45) is 0.558. The van der Waals surface area contributed by atoms with Crippen molar-refractivity contribution < 1.29 is 9.15 Å². The quantitative estimate of drug-likeness (QED) is 0.920. The van der Waals surface area contributed by atoms with Crippen molar-refractivity contribution in [3.8, 4) is 0 Å². The Bertz CT molecular complexity index is 551. The highest BCUT2D eigenvalue weighted by Gasteiger charge is 2.17. The van der Waals surface area contributed by atoms with Gasteiger partial charge in [0, 0.05) is 13.7 Å². The van der Waals surface area contributed by atoms with Crippen molar-refractivity contribution in [3.05, 3.63) is 29.7 Å². The Morgan fingerprint density at radius 3 is 2.68 bits per heavy atom. The number of hydrogen-bond donors (Lipinski definition) is 1. The van der Waals surface area contributed by atoms with Crippen molar-refractivity contribution in [2.75, 3.05) is 13.7 Å². The predicted molar refractivity (Wildman–Crippen MR) is 76.3 cm³/mol. The molecular weight excluding hydrogens is 240 g/mol. The number of aromatic nitrogens is 1. The molecule has 0 aliphatic carbocycles. The third kappa shape index (κ3) is 3.14. The molecule has 0 saturated heterocycles. The number of methoxy groups -OCH3 is 1. The Morgan fingerprint density at radius 1 is 1.37 bits per heavy atom. The van der Waals surface area contributed by atoms with Crippen molar-refractivity contribution in [1.82, 2.24) is 4.98 Å². The van der Waals surface area contributed by atoms with Gasteiger partial charge in [-0.1, -0.05) is 26.8 Å². The van der Waals surface area contributed by atoms with E-state index in [1.165, 1.54) is 5.56 Å². The topological polar surface area (TPSA) is 61.3 Å². The van der Waals surface area contributed by atoms with Crippen molar-refractivity contribution in [3.63, 3.8) is 0 Å². The zero-order valence-corrected chi connectivity index (χ0v) is 12.1. The molecule has 0 aliphatic rings. The van der Waals surface area contributed by atoms with Crippen molar-refractivity contribution >= 4 is 11.1 Å². The summed E-state index contributed by atoms with van der Waals surface area (Å²) in [4.78, 5) is 4.52. The van der Waals surface area contributed by atoms with Crippen LogP contribution in [0, 0.1) is 0 Å². The van der Waals surface area contributed by atoms with Crippen LogP contribution in [-0.2, 0) is 16.6 Å². The van der Waals surface area contributed by atoms with E-state index in [2.05, 4.69) is 37.9 Å². The second-order valence-corrected chi connectivity index (χ2v) is 5.84. The molecule has 0 spiro atoms. The van der Waals surface area contributed by atoms with E-state index in [0.717, 1.165) is 11.1 Å². The number of fused-ring (bicyclic) bond motifs is 1. The van der Waals surface area contributed by atoms with Crippen LogP contribution in [0.15, 0.2) is 22.6 Å². The minimum absolute atomic E-state index is 0.0462. The number of oxazole rings is 1. The van der Waals surface area contributed by atoms with Crippen LogP contribution in [0.1, 0.15) is 32.2 Å². The van der Waals surface area contributed by atoms with Crippen LogP contribution in [0.25, 0.3) is 11.1 Å². The standard InChI is InChI=1S/C15H22N2O2/c1-15(2,3)10-5-6-13-12(7-10)17-14(19-13)8-11(9-16)18-4/h5-7,11H,8-9,16H2,1-4H3. The predicted octanol–water partition coefficient (Wildman–Crippen LogP) is 2.64. The van der Waals surface area contributed by atoms with E-state index in [-0.39, 0.29) is 11.5 Å². The van der Waals surface area contributed by atoms with Crippen molar-refractivity contribution in [1.29, 1.82) is 0 Å². The third-order valence-electron chi connectivity index (χ3n) is 3.30. The van der Waals surface area contributed by atoms with E-state index in [0.29, 0.717) is 18.9 Å². The Hall–Kier alpha value is -1.39. The summed E-state index contributed by atoms with van der Waals surface area (Å²) in [6, 6.07) is 6.16. The smallest absolute Gasteiger partial charge is 0.198 e. The molecule has 1 aromatic heterocycles. The molecule has 0 saturated carbocycles. The Labute approximate surface area is 114 Å². The van der Waals surface area contributed by atoms with Gasteiger partial charge in [-0.05, 0) is 23.1 Å². The first-order valence-electron chi connectivity index (χ1n) is 6.57. The molecule has 19 heavy (non-hydrogen) atoms.